The summed E-state index contributed by atoms with van der Waals surface area (Å²) in [6, 6.07) is 12.7. The zero-order valence-corrected chi connectivity index (χ0v) is 23.0. The lowest BCUT2D eigenvalue weighted by molar-refractivity contribution is -0.146. The molecule has 1 N–H and O–H groups in total. The topological polar surface area (TPSA) is 62.7 Å². The van der Waals surface area contributed by atoms with Crippen molar-refractivity contribution in [2.75, 3.05) is 32.5 Å². The van der Waals surface area contributed by atoms with Crippen molar-refractivity contribution in [2.24, 2.45) is 11.8 Å². The minimum absolute atomic E-state index is 0.0470. The predicted octanol–water partition coefficient (Wildman–Crippen LogP) is 7.55. The first-order valence-corrected chi connectivity index (χ1v) is 14.2. The van der Waals surface area contributed by atoms with Gasteiger partial charge in [0, 0.05) is 23.0 Å². The highest BCUT2D eigenvalue weighted by atomic mass is 35.5. The molecule has 9 heteroatoms. The lowest BCUT2D eigenvalue weighted by atomic mass is 9.81. The van der Waals surface area contributed by atoms with Crippen molar-refractivity contribution in [1.29, 1.82) is 0 Å². The van der Waals surface area contributed by atoms with Gasteiger partial charge in [0.2, 0.25) is 0 Å². The standard InChI is InChI=1S/C28H31Cl2FN2O3S/c1-36-19-7-9-25-21(16-19)20(10-12-32-25)24(31)8-6-18-11-14-33(17-22(18)28(34)35)13-3-15-37-26-5-2-4-23(29)27(26)30/h2,4-5,7,9-10,12,16,18,22,24H,3,6,8,11,13-15,17H2,1H3,(H,34,35)/t18-,22+,24+/m1/s1. The first-order chi connectivity index (χ1) is 17.9. The average Bonchev–Trinajstić information content (AvgIpc) is 2.91. The second-order valence-electron chi connectivity index (χ2n) is 9.38. The molecule has 3 atom stereocenters. The zero-order chi connectivity index (χ0) is 26.4. The number of halogens is 3. The molecule has 0 spiro atoms. The molecule has 0 amide bonds. The summed E-state index contributed by atoms with van der Waals surface area (Å²) in [4.78, 5) is 19.6. The van der Waals surface area contributed by atoms with Crippen LogP contribution in [0.2, 0.25) is 10.0 Å². The quantitative estimate of drug-likeness (QED) is 0.191. The minimum atomic E-state index is -1.19. The molecule has 3 aromatic rings. The summed E-state index contributed by atoms with van der Waals surface area (Å²) in [5.74, 6) is 0.177. The number of aliphatic carboxylic acids is 1. The maximum absolute atomic E-state index is 15.4. The van der Waals surface area contributed by atoms with Gasteiger partial charge in [-0.2, -0.15) is 0 Å². The highest BCUT2D eigenvalue weighted by Crippen LogP contribution is 2.36. The number of fused-ring (bicyclic) bond motifs is 1. The van der Waals surface area contributed by atoms with Gasteiger partial charge in [-0.3, -0.25) is 9.78 Å². The Labute approximate surface area is 231 Å². The van der Waals surface area contributed by atoms with E-state index in [0.717, 1.165) is 42.0 Å². The van der Waals surface area contributed by atoms with Crippen molar-refractivity contribution >= 4 is 51.8 Å². The molecule has 0 saturated carbocycles. The Morgan fingerprint density at radius 2 is 2.14 bits per heavy atom. The second kappa shape index (κ2) is 13.1. The van der Waals surface area contributed by atoms with Crippen LogP contribution in [0.25, 0.3) is 10.9 Å². The van der Waals surface area contributed by atoms with Crippen LogP contribution in [0.15, 0.2) is 53.6 Å². The number of alkyl halides is 1. The van der Waals surface area contributed by atoms with E-state index in [-0.39, 0.29) is 12.3 Å². The Kier molecular flexibility index (Phi) is 9.93. The molecule has 2 heterocycles. The van der Waals surface area contributed by atoms with Crippen LogP contribution in [-0.2, 0) is 4.79 Å². The highest BCUT2D eigenvalue weighted by Gasteiger charge is 2.34. The molecule has 0 unspecified atom stereocenters. The van der Waals surface area contributed by atoms with Crippen LogP contribution < -0.4 is 4.74 Å². The summed E-state index contributed by atoms with van der Waals surface area (Å²) in [6.45, 7) is 2.14. The number of carbonyl (C=O) groups is 1. The minimum Gasteiger partial charge on any atom is -0.497 e. The Hall–Kier alpha value is -2.06. The number of piperidine rings is 1. The van der Waals surface area contributed by atoms with Crippen LogP contribution in [0.5, 0.6) is 5.75 Å². The van der Waals surface area contributed by atoms with Crippen LogP contribution in [0.4, 0.5) is 4.39 Å². The number of hydrogen-bond acceptors (Lipinski definition) is 5. The molecule has 5 nitrogen and oxygen atoms in total. The van der Waals surface area contributed by atoms with Gasteiger partial charge >= 0.3 is 5.97 Å². The first kappa shape index (κ1) is 28.0. The SMILES string of the molecule is COc1ccc2nccc([C@@H](F)CC[C@@H]3CCN(CCCSc4cccc(Cl)c4Cl)C[C@@H]3C(=O)O)c2c1. The van der Waals surface area contributed by atoms with Gasteiger partial charge < -0.3 is 14.7 Å². The summed E-state index contributed by atoms with van der Waals surface area (Å²) in [7, 11) is 1.58. The molecule has 198 valence electrons. The van der Waals surface area contributed by atoms with E-state index in [1.165, 1.54) is 0 Å². The van der Waals surface area contributed by atoms with Crippen LogP contribution in [0.3, 0.4) is 0 Å². The number of ether oxygens (including phenoxy) is 1. The zero-order valence-electron chi connectivity index (χ0n) is 20.7. The molecular formula is C28H31Cl2FN2O3S. The third-order valence-corrected chi connectivity index (χ3v) is 9.14. The fourth-order valence-corrected chi connectivity index (χ4v) is 6.45. The maximum Gasteiger partial charge on any atom is 0.308 e. The molecule has 1 aliphatic rings. The van der Waals surface area contributed by atoms with Crippen molar-refractivity contribution < 1.29 is 19.0 Å². The highest BCUT2D eigenvalue weighted by molar-refractivity contribution is 7.99. The Bertz CT molecular complexity index is 1230. The molecule has 1 fully saturated rings. The normalized spacial score (nSPS) is 19.1. The van der Waals surface area contributed by atoms with E-state index < -0.39 is 18.1 Å². The van der Waals surface area contributed by atoms with Gasteiger partial charge in [-0.15, -0.1) is 11.8 Å². The summed E-state index contributed by atoms with van der Waals surface area (Å²) in [6.07, 6.45) is 2.90. The Morgan fingerprint density at radius 1 is 1.30 bits per heavy atom. The number of likely N-dealkylation sites (tertiary alicyclic amines) is 1. The molecule has 1 saturated heterocycles. The second-order valence-corrected chi connectivity index (χ2v) is 11.3. The number of nitrogens with zero attached hydrogens (tertiary/aromatic N) is 2. The number of methoxy groups -OCH3 is 1. The lowest BCUT2D eigenvalue weighted by Gasteiger charge is -2.36. The summed E-state index contributed by atoms with van der Waals surface area (Å²) >= 11 is 14.0. The summed E-state index contributed by atoms with van der Waals surface area (Å²) in [5.41, 5.74) is 1.29. The van der Waals surface area contributed by atoms with Crippen molar-refractivity contribution in [3.63, 3.8) is 0 Å². The summed E-state index contributed by atoms with van der Waals surface area (Å²) in [5, 5.41) is 11.8. The third-order valence-electron chi connectivity index (χ3n) is 7.06. The van der Waals surface area contributed by atoms with E-state index in [1.54, 1.807) is 43.3 Å². The van der Waals surface area contributed by atoms with Crippen LogP contribution in [0, 0.1) is 11.8 Å². The average molecular weight is 566 g/mol. The van der Waals surface area contributed by atoms with Gasteiger partial charge in [0.25, 0.3) is 0 Å². The van der Waals surface area contributed by atoms with E-state index in [4.69, 9.17) is 27.9 Å². The number of hydrogen-bond donors (Lipinski definition) is 1. The molecule has 0 aliphatic carbocycles. The van der Waals surface area contributed by atoms with Crippen LogP contribution >= 0.6 is 35.0 Å². The number of carboxylic acid groups (broad SMARTS) is 1. The summed E-state index contributed by atoms with van der Waals surface area (Å²) < 4.78 is 20.7. The van der Waals surface area contributed by atoms with Gasteiger partial charge in [0.1, 0.15) is 11.9 Å². The van der Waals surface area contributed by atoms with Crippen molar-refractivity contribution in [3.8, 4) is 5.75 Å². The lowest BCUT2D eigenvalue weighted by Crippen LogP contribution is -2.44. The molecule has 2 aromatic carbocycles. The molecule has 1 aliphatic heterocycles. The van der Waals surface area contributed by atoms with E-state index in [1.807, 2.05) is 24.3 Å². The number of thioether (sulfide) groups is 1. The molecule has 37 heavy (non-hydrogen) atoms. The Balaban J connectivity index is 1.30. The molecule has 4 rings (SSSR count). The van der Waals surface area contributed by atoms with Gasteiger partial charge in [0.05, 0.1) is 28.6 Å². The van der Waals surface area contributed by atoms with Crippen molar-refractivity contribution in [1.82, 2.24) is 9.88 Å². The molecule has 1 aromatic heterocycles. The molecule has 0 radical (unpaired) electrons. The third kappa shape index (κ3) is 7.08. The smallest absolute Gasteiger partial charge is 0.308 e. The van der Waals surface area contributed by atoms with Gasteiger partial charge in [-0.1, -0.05) is 29.3 Å². The van der Waals surface area contributed by atoms with E-state index >= 15 is 4.39 Å². The molecular weight excluding hydrogens is 534 g/mol. The number of aromatic nitrogens is 1. The van der Waals surface area contributed by atoms with E-state index in [2.05, 4.69) is 9.88 Å². The van der Waals surface area contributed by atoms with E-state index in [0.29, 0.717) is 39.8 Å². The van der Waals surface area contributed by atoms with Crippen molar-refractivity contribution in [3.05, 3.63) is 64.3 Å². The number of pyridine rings is 1. The predicted molar refractivity (Wildman–Crippen MR) is 149 cm³/mol. The fraction of sp³-hybridized carbons (Fsp3) is 0.429. The Morgan fingerprint density at radius 3 is 2.92 bits per heavy atom. The van der Waals surface area contributed by atoms with Crippen molar-refractivity contribution in [2.45, 2.75) is 36.8 Å². The first-order valence-electron chi connectivity index (χ1n) is 12.5. The number of rotatable bonds is 11. The van der Waals surface area contributed by atoms with Gasteiger partial charge in [-0.25, -0.2) is 4.39 Å². The number of benzene rings is 2. The number of carboxylic acids is 1. The van der Waals surface area contributed by atoms with E-state index in [9.17, 15) is 9.90 Å². The maximum atomic E-state index is 15.4. The van der Waals surface area contributed by atoms with Crippen LogP contribution in [0.1, 0.15) is 37.4 Å². The van der Waals surface area contributed by atoms with Gasteiger partial charge in [-0.05, 0) is 92.4 Å². The van der Waals surface area contributed by atoms with Gasteiger partial charge in [0.15, 0.2) is 0 Å². The molecule has 0 bridgehead atoms. The largest absolute Gasteiger partial charge is 0.497 e. The van der Waals surface area contributed by atoms with Crippen LogP contribution in [-0.4, -0.2) is 53.5 Å². The monoisotopic (exact) mass is 564 g/mol. The fourth-order valence-electron chi connectivity index (χ4n) is 5.02.